The average molecular weight is 723 g/mol. The second kappa shape index (κ2) is 19.0. The zero-order chi connectivity index (χ0) is 38.8. The highest BCUT2D eigenvalue weighted by Gasteiger charge is 2.39. The molecule has 0 bridgehead atoms. The van der Waals surface area contributed by atoms with E-state index >= 15 is 0 Å². The van der Waals surface area contributed by atoms with Crippen LogP contribution >= 0.6 is 11.8 Å². The van der Waals surface area contributed by atoms with Crippen molar-refractivity contribution in [1.29, 1.82) is 0 Å². The molecular formula is C40H79BN4O4S. The van der Waals surface area contributed by atoms with Gasteiger partial charge in [0.25, 0.3) is 0 Å². The Bertz CT molecular complexity index is 1050. The van der Waals surface area contributed by atoms with Gasteiger partial charge in [-0.25, -0.2) is 0 Å². The highest BCUT2D eigenvalue weighted by atomic mass is 32.2. The van der Waals surface area contributed by atoms with Crippen molar-refractivity contribution in [2.24, 2.45) is 27.6 Å². The number of piperazine rings is 1. The summed E-state index contributed by atoms with van der Waals surface area (Å²) < 4.78 is 12.3. The van der Waals surface area contributed by atoms with Crippen LogP contribution < -0.4 is 10.6 Å². The Morgan fingerprint density at radius 2 is 1.22 bits per heavy atom. The minimum atomic E-state index is -0.808. The largest absolute Gasteiger partial charge is 0.381 e. The van der Waals surface area contributed by atoms with Gasteiger partial charge in [-0.2, -0.15) is 0 Å². The third-order valence-electron chi connectivity index (χ3n) is 10.7. The highest BCUT2D eigenvalue weighted by molar-refractivity contribution is 8.00. The molecule has 0 aromatic rings. The molecule has 1 unspecified atom stereocenters. The van der Waals surface area contributed by atoms with Gasteiger partial charge in [-0.1, -0.05) is 96.9 Å². The minimum Gasteiger partial charge on any atom is -0.381 e. The van der Waals surface area contributed by atoms with Gasteiger partial charge in [-0.3, -0.25) is 19.4 Å². The summed E-state index contributed by atoms with van der Waals surface area (Å²) in [5.41, 5.74) is -0.948. The molecule has 1 rings (SSSR count). The molecule has 2 N–H and O–H groups in total. The molecule has 1 saturated heterocycles. The average Bonchev–Trinajstić information content (AvgIpc) is 2.97. The standard InChI is InChI=1S/C40H79BN4O4S/c1-17-34(4,5)26-48-27-35(6,7)24-42-32(46)22-40(16,41)29-49-28-36(8,9)25-43-33(47)37(10,11)23-38(12,13)45-20-18-44(19-21-45)30-50-39(14,15)31(2)3/h31H,17-30H2,1-16H3,(H,42,46)(H,43,47). The molecule has 2 radical (unpaired) electrons. The predicted octanol–water partition coefficient (Wildman–Crippen LogP) is 7.42. The molecule has 292 valence electrons. The Kier molecular flexibility index (Phi) is 17.9. The maximum Gasteiger partial charge on any atom is 0.225 e. The number of nitrogens with zero attached hydrogens (tertiary/aromatic N) is 2. The maximum atomic E-state index is 13.5. The lowest BCUT2D eigenvalue weighted by Gasteiger charge is -2.47. The molecule has 50 heavy (non-hydrogen) atoms. The Labute approximate surface area is 314 Å². The van der Waals surface area contributed by atoms with E-state index in [9.17, 15) is 9.59 Å². The molecule has 0 aliphatic carbocycles. The van der Waals surface area contributed by atoms with E-state index in [4.69, 9.17) is 17.3 Å². The summed E-state index contributed by atoms with van der Waals surface area (Å²) in [6, 6.07) is 0. The number of nitrogens with one attached hydrogen (secondary N) is 2. The van der Waals surface area contributed by atoms with Crippen molar-refractivity contribution in [2.45, 2.75) is 146 Å². The fraction of sp³-hybridized carbons (Fsp3) is 0.950. The number of hydrogen-bond acceptors (Lipinski definition) is 7. The van der Waals surface area contributed by atoms with Crippen molar-refractivity contribution in [1.82, 2.24) is 20.4 Å². The lowest BCUT2D eigenvalue weighted by atomic mass is 9.68. The van der Waals surface area contributed by atoms with E-state index in [0.717, 1.165) is 44.9 Å². The van der Waals surface area contributed by atoms with E-state index in [1.54, 1.807) is 0 Å². The van der Waals surface area contributed by atoms with Gasteiger partial charge in [0.05, 0.1) is 27.7 Å². The van der Waals surface area contributed by atoms with Gasteiger partial charge in [0, 0.05) is 84.7 Å². The molecule has 1 aliphatic heterocycles. The number of carbonyl (C=O) groups excluding carboxylic acids is 2. The summed E-state index contributed by atoms with van der Waals surface area (Å²) in [5.74, 6) is 1.68. The van der Waals surface area contributed by atoms with E-state index in [1.165, 1.54) is 0 Å². The van der Waals surface area contributed by atoms with Crippen molar-refractivity contribution in [3.05, 3.63) is 0 Å². The number of hydrogen-bond donors (Lipinski definition) is 2. The molecule has 1 fully saturated rings. The second-order valence-electron chi connectivity index (χ2n) is 20.1. The Hall–Kier alpha value is -0.805. The van der Waals surface area contributed by atoms with Crippen LogP contribution in [0.1, 0.15) is 130 Å². The lowest BCUT2D eigenvalue weighted by molar-refractivity contribution is -0.132. The first-order valence-corrected chi connectivity index (χ1v) is 20.1. The van der Waals surface area contributed by atoms with Crippen molar-refractivity contribution < 1.29 is 19.1 Å². The van der Waals surface area contributed by atoms with Gasteiger partial charge in [0.2, 0.25) is 11.8 Å². The molecule has 1 aliphatic rings. The fourth-order valence-electron chi connectivity index (χ4n) is 5.93. The lowest BCUT2D eigenvalue weighted by Crippen LogP contribution is -2.57. The number of amides is 2. The van der Waals surface area contributed by atoms with Crippen LogP contribution in [0, 0.1) is 27.6 Å². The van der Waals surface area contributed by atoms with Crippen LogP contribution in [-0.2, 0) is 19.1 Å². The summed E-state index contributed by atoms with van der Waals surface area (Å²) in [6.45, 7) is 41.8. The zero-order valence-electron chi connectivity index (χ0n) is 35.5. The number of ether oxygens (including phenoxy) is 2. The molecule has 0 spiro atoms. The van der Waals surface area contributed by atoms with Gasteiger partial charge in [0.1, 0.15) is 0 Å². The summed E-state index contributed by atoms with van der Waals surface area (Å²) in [6.07, 6.45) is 1.99. The molecule has 2 amide bonds. The van der Waals surface area contributed by atoms with Crippen molar-refractivity contribution in [3.63, 3.8) is 0 Å². The SMILES string of the molecule is [B]C(C)(COCC(C)(C)CNC(=O)C(C)(C)CC(C)(C)N1CCN(CSC(C)(C)C(C)C)CC1)CC(=O)NCC(C)(C)COCC(C)(C)CC. The quantitative estimate of drug-likeness (QED) is 0.106. The Balaban J connectivity index is 2.49. The summed E-state index contributed by atoms with van der Waals surface area (Å²) in [4.78, 5) is 31.4. The molecule has 0 aromatic carbocycles. The van der Waals surface area contributed by atoms with Gasteiger partial charge >= 0.3 is 0 Å². The molecule has 8 nitrogen and oxygen atoms in total. The first-order valence-electron chi connectivity index (χ1n) is 19.1. The number of carbonyl (C=O) groups is 2. The smallest absolute Gasteiger partial charge is 0.225 e. The van der Waals surface area contributed by atoms with Crippen LogP contribution in [0.25, 0.3) is 0 Å². The molecule has 0 saturated carbocycles. The molecular weight excluding hydrogens is 643 g/mol. The van der Waals surface area contributed by atoms with Crippen LogP contribution in [0.3, 0.4) is 0 Å². The molecule has 10 heteroatoms. The van der Waals surface area contributed by atoms with Crippen molar-refractivity contribution in [2.75, 3.05) is 71.6 Å². The molecule has 0 aromatic heterocycles. The number of thioether (sulfide) groups is 1. The predicted molar refractivity (Wildman–Crippen MR) is 215 cm³/mol. The van der Waals surface area contributed by atoms with Crippen LogP contribution in [-0.4, -0.2) is 111 Å². The van der Waals surface area contributed by atoms with Crippen molar-refractivity contribution >= 4 is 31.4 Å². The van der Waals surface area contributed by atoms with Crippen LogP contribution in [0.2, 0.25) is 5.31 Å². The number of rotatable bonds is 23. The van der Waals surface area contributed by atoms with Crippen LogP contribution in [0.4, 0.5) is 0 Å². The third kappa shape index (κ3) is 17.8. The topological polar surface area (TPSA) is 83.1 Å². The molecule has 1 atom stereocenters. The normalized spacial score (nSPS) is 17.5. The fourth-order valence-corrected chi connectivity index (χ4v) is 7.03. The second-order valence-corrected chi connectivity index (χ2v) is 21.7. The first-order chi connectivity index (χ1) is 22.5. The minimum absolute atomic E-state index is 0.0623. The third-order valence-corrected chi connectivity index (χ3v) is 12.4. The van der Waals surface area contributed by atoms with Gasteiger partial charge in [-0.05, 0) is 43.3 Å². The van der Waals surface area contributed by atoms with Crippen molar-refractivity contribution in [3.8, 4) is 0 Å². The van der Waals surface area contributed by atoms with E-state index in [1.807, 2.05) is 6.92 Å². The van der Waals surface area contributed by atoms with Gasteiger partial charge in [0.15, 0.2) is 0 Å². The molecule has 1 heterocycles. The van der Waals surface area contributed by atoms with E-state index in [0.29, 0.717) is 38.8 Å². The van der Waals surface area contributed by atoms with Crippen LogP contribution in [0.15, 0.2) is 0 Å². The Morgan fingerprint density at radius 3 is 1.72 bits per heavy atom. The van der Waals surface area contributed by atoms with E-state index < -0.39 is 10.7 Å². The Morgan fingerprint density at radius 1 is 0.740 bits per heavy atom. The summed E-state index contributed by atoms with van der Waals surface area (Å²) in [7, 11) is 6.49. The first kappa shape index (κ1) is 47.2. The van der Waals surface area contributed by atoms with E-state index in [-0.39, 0.29) is 51.4 Å². The zero-order valence-corrected chi connectivity index (χ0v) is 36.3. The monoisotopic (exact) mass is 723 g/mol. The summed E-state index contributed by atoms with van der Waals surface area (Å²) >= 11 is 2.06. The highest BCUT2D eigenvalue weighted by Crippen LogP contribution is 2.35. The van der Waals surface area contributed by atoms with Crippen LogP contribution in [0.5, 0.6) is 0 Å². The summed E-state index contributed by atoms with van der Waals surface area (Å²) in [5, 5.41) is 5.45. The van der Waals surface area contributed by atoms with E-state index in [2.05, 4.69) is 136 Å². The van der Waals surface area contributed by atoms with Gasteiger partial charge in [-0.15, -0.1) is 11.8 Å². The van der Waals surface area contributed by atoms with Gasteiger partial charge < -0.3 is 20.1 Å². The maximum absolute atomic E-state index is 13.5.